The van der Waals surface area contributed by atoms with Gasteiger partial charge < -0.3 is 15.5 Å². The lowest BCUT2D eigenvalue weighted by Gasteiger charge is -2.15. The number of nitriles is 1. The van der Waals surface area contributed by atoms with Crippen LogP contribution in [0.2, 0.25) is 5.02 Å². The second kappa shape index (κ2) is 8.37. The molecule has 3 aromatic rings. The average molecular weight is 513 g/mol. The molecule has 0 fully saturated rings. The highest BCUT2D eigenvalue weighted by Gasteiger charge is 2.37. The number of H-pyrrole nitrogens is 1. The summed E-state index contributed by atoms with van der Waals surface area (Å²) >= 11 is 5.68. The number of ether oxygens (including phenoxy) is 1. The Morgan fingerprint density at radius 2 is 1.59 bits per heavy atom. The summed E-state index contributed by atoms with van der Waals surface area (Å²) in [5, 5.41) is 7.79. The van der Waals surface area contributed by atoms with E-state index < -0.39 is 85.7 Å². The monoisotopic (exact) mass is 512 g/mol. The maximum absolute atomic E-state index is 14.4. The fourth-order valence-corrected chi connectivity index (χ4v) is 2.86. The topological polar surface area (TPSA) is 114 Å². The van der Waals surface area contributed by atoms with Crippen molar-refractivity contribution in [2.45, 2.75) is 6.18 Å². The van der Waals surface area contributed by atoms with E-state index in [0.29, 0.717) is 12.1 Å². The van der Waals surface area contributed by atoms with Crippen molar-refractivity contribution in [3.63, 3.8) is 0 Å². The Morgan fingerprint density at radius 3 is 2.09 bits per heavy atom. The second-order valence-corrected chi connectivity index (χ2v) is 6.67. The number of nitrogens with two attached hydrogens (primary N) is 1. The number of benzene rings is 2. The van der Waals surface area contributed by atoms with Gasteiger partial charge in [0.15, 0.2) is 17.3 Å². The first-order chi connectivity index (χ1) is 15.7. The molecule has 3 N–H and O–H groups in total. The predicted molar refractivity (Wildman–Crippen MR) is 98.1 cm³/mol. The summed E-state index contributed by atoms with van der Waals surface area (Å²) in [6.07, 6.45) is -5.26. The first-order valence-corrected chi connectivity index (χ1v) is 8.73. The lowest BCUT2D eigenvalue weighted by atomic mass is 10.2. The molecule has 1 aromatic heterocycles. The van der Waals surface area contributed by atoms with Gasteiger partial charge in [-0.25, -0.2) is 22.5 Å². The molecule has 0 atom stereocenters. The second-order valence-electron chi connectivity index (χ2n) is 6.27. The SMILES string of the molecule is N#Cc1c(F)c(F)c(Oc2cc(-n3c(=O)[nH]c(C(F)(F)F)c(N)c3=O)c(F)cc2Cl)c(F)c1F. The van der Waals surface area contributed by atoms with E-state index in [1.165, 1.54) is 4.98 Å². The minimum atomic E-state index is -5.26. The number of nitrogen functional groups attached to an aromatic ring is 1. The van der Waals surface area contributed by atoms with Crippen LogP contribution in [-0.2, 0) is 6.18 Å². The molecule has 0 amide bonds. The summed E-state index contributed by atoms with van der Waals surface area (Å²) in [4.78, 5) is 25.6. The van der Waals surface area contributed by atoms with Crippen molar-refractivity contribution in [2.24, 2.45) is 0 Å². The summed E-state index contributed by atoms with van der Waals surface area (Å²) in [5.41, 5.74) is -4.78. The molecule has 0 aliphatic rings. The first-order valence-electron chi connectivity index (χ1n) is 8.36. The van der Waals surface area contributed by atoms with Gasteiger partial charge in [0.25, 0.3) is 5.56 Å². The third kappa shape index (κ3) is 3.92. The number of nitrogens with zero attached hydrogens (tertiary/aromatic N) is 2. The molecule has 7 nitrogen and oxygen atoms in total. The maximum atomic E-state index is 14.4. The number of alkyl halides is 3. The zero-order chi connectivity index (χ0) is 25.7. The smallest absolute Gasteiger partial charge is 0.433 e. The highest BCUT2D eigenvalue weighted by atomic mass is 35.5. The third-order valence-corrected chi connectivity index (χ3v) is 4.51. The van der Waals surface area contributed by atoms with Gasteiger partial charge in [0.2, 0.25) is 17.4 Å². The van der Waals surface area contributed by atoms with Gasteiger partial charge in [0, 0.05) is 6.07 Å². The standard InChI is InChI=1S/C18H5ClF8N4O3/c19-5-1-6(20)7(31-16(32)13(29)15(18(25,26)27)30-17(31)33)2-8(5)34-14-11(23)9(21)4(3-28)10(22)12(14)24/h1-2H,29H2,(H,30,33). The summed E-state index contributed by atoms with van der Waals surface area (Å²) in [6.45, 7) is 0. The van der Waals surface area contributed by atoms with Gasteiger partial charge in [-0.15, -0.1) is 0 Å². The molecule has 0 unspecified atom stereocenters. The van der Waals surface area contributed by atoms with E-state index in [4.69, 9.17) is 22.6 Å². The largest absolute Gasteiger partial charge is 0.449 e. The Morgan fingerprint density at radius 1 is 1.03 bits per heavy atom. The van der Waals surface area contributed by atoms with E-state index in [-0.39, 0.29) is 4.57 Å². The lowest BCUT2D eigenvalue weighted by Crippen LogP contribution is -2.38. The summed E-state index contributed by atoms with van der Waals surface area (Å²) in [6, 6.07) is 1.53. The van der Waals surface area contributed by atoms with Crippen molar-refractivity contribution in [2.75, 3.05) is 5.73 Å². The van der Waals surface area contributed by atoms with Crippen LogP contribution in [0.25, 0.3) is 5.69 Å². The van der Waals surface area contributed by atoms with E-state index in [2.05, 4.69) is 4.74 Å². The van der Waals surface area contributed by atoms with Crippen molar-refractivity contribution in [3.8, 4) is 23.3 Å². The average Bonchev–Trinajstić information content (AvgIpc) is 2.74. The van der Waals surface area contributed by atoms with Gasteiger partial charge in [-0.2, -0.15) is 27.2 Å². The van der Waals surface area contributed by atoms with E-state index in [1.807, 2.05) is 0 Å². The van der Waals surface area contributed by atoms with Crippen molar-refractivity contribution in [1.82, 2.24) is 9.55 Å². The number of rotatable bonds is 3. The minimum absolute atomic E-state index is 0.213. The Hall–Kier alpha value is -4.06. The van der Waals surface area contributed by atoms with Crippen LogP contribution >= 0.6 is 11.6 Å². The maximum Gasteiger partial charge on any atom is 0.433 e. The van der Waals surface area contributed by atoms with Crippen LogP contribution in [0.4, 0.5) is 40.8 Å². The number of anilines is 1. The van der Waals surface area contributed by atoms with Crippen molar-refractivity contribution in [3.05, 3.63) is 78.3 Å². The van der Waals surface area contributed by atoms with E-state index in [1.54, 1.807) is 0 Å². The van der Waals surface area contributed by atoms with Crippen LogP contribution in [0.3, 0.4) is 0 Å². The highest BCUT2D eigenvalue weighted by molar-refractivity contribution is 6.32. The van der Waals surface area contributed by atoms with Crippen molar-refractivity contribution >= 4 is 17.3 Å². The molecule has 34 heavy (non-hydrogen) atoms. The summed E-state index contributed by atoms with van der Waals surface area (Å²) in [5.74, 6) is -12.9. The van der Waals surface area contributed by atoms with Crippen LogP contribution in [0.5, 0.6) is 11.5 Å². The van der Waals surface area contributed by atoms with Crippen molar-refractivity contribution < 1.29 is 39.9 Å². The van der Waals surface area contributed by atoms with Gasteiger partial charge >= 0.3 is 11.9 Å². The van der Waals surface area contributed by atoms with Gasteiger partial charge in [0.1, 0.15) is 28.9 Å². The first kappa shape index (κ1) is 24.6. The molecule has 0 radical (unpaired) electrons. The van der Waals surface area contributed by atoms with Crippen LogP contribution in [-0.4, -0.2) is 9.55 Å². The molecule has 0 saturated carbocycles. The molecule has 0 aliphatic carbocycles. The molecule has 2 aromatic carbocycles. The fraction of sp³-hybridized carbons (Fsp3) is 0.0556. The Balaban J connectivity index is 2.25. The molecule has 0 aliphatic heterocycles. The minimum Gasteiger partial charge on any atom is -0.449 e. The molecule has 3 rings (SSSR count). The molecular formula is C18H5ClF8N4O3. The van der Waals surface area contributed by atoms with Crippen molar-refractivity contribution in [1.29, 1.82) is 5.26 Å². The Labute approximate surface area is 186 Å². The van der Waals surface area contributed by atoms with Crippen LogP contribution in [0, 0.1) is 40.4 Å². The summed E-state index contributed by atoms with van der Waals surface area (Å²) in [7, 11) is 0. The normalized spacial score (nSPS) is 11.4. The predicted octanol–water partition coefficient (Wildman–Crippen LogP) is 4.14. The van der Waals surface area contributed by atoms with E-state index in [0.717, 1.165) is 6.07 Å². The zero-order valence-corrected chi connectivity index (χ0v) is 16.5. The van der Waals surface area contributed by atoms with Crippen LogP contribution < -0.4 is 21.7 Å². The molecule has 178 valence electrons. The number of halogens is 9. The Bertz CT molecular complexity index is 1480. The van der Waals surface area contributed by atoms with E-state index >= 15 is 0 Å². The van der Waals surface area contributed by atoms with Gasteiger partial charge in [-0.3, -0.25) is 4.79 Å². The van der Waals surface area contributed by atoms with Gasteiger partial charge in [-0.1, -0.05) is 11.6 Å². The number of aromatic nitrogens is 2. The molecule has 0 spiro atoms. The number of nitrogens with one attached hydrogen (secondary N) is 1. The molecule has 0 saturated heterocycles. The molecular weight excluding hydrogens is 508 g/mol. The van der Waals surface area contributed by atoms with Gasteiger partial charge in [-0.05, 0) is 6.07 Å². The third-order valence-electron chi connectivity index (χ3n) is 4.21. The highest BCUT2D eigenvalue weighted by Crippen LogP contribution is 2.37. The molecule has 16 heteroatoms. The van der Waals surface area contributed by atoms with Crippen LogP contribution in [0.15, 0.2) is 21.7 Å². The molecule has 0 bridgehead atoms. The number of hydrogen-bond donors (Lipinski definition) is 2. The number of aromatic amines is 1. The fourth-order valence-electron chi connectivity index (χ4n) is 2.67. The number of hydrogen-bond acceptors (Lipinski definition) is 5. The quantitative estimate of drug-likeness (QED) is 0.404. The van der Waals surface area contributed by atoms with Crippen LogP contribution in [0.1, 0.15) is 11.3 Å². The molecule has 1 heterocycles. The lowest BCUT2D eigenvalue weighted by molar-refractivity contribution is -0.140. The van der Waals surface area contributed by atoms with Gasteiger partial charge in [0.05, 0.1) is 10.7 Å². The summed E-state index contributed by atoms with van der Waals surface area (Å²) < 4.78 is 114. The Kier molecular flexibility index (Phi) is 6.05. The van der Waals surface area contributed by atoms with E-state index in [9.17, 15) is 44.7 Å². The zero-order valence-electron chi connectivity index (χ0n) is 15.8.